The number of amides is 1. The van der Waals surface area contributed by atoms with Crippen molar-refractivity contribution < 1.29 is 9.18 Å². The van der Waals surface area contributed by atoms with Crippen molar-refractivity contribution in [2.24, 2.45) is 11.8 Å². The third kappa shape index (κ3) is 3.47. The number of rotatable bonds is 3. The largest absolute Gasteiger partial charge is 0.342 e. The number of hydrogen-bond acceptors (Lipinski definition) is 3. The smallest absolute Gasteiger partial charge is 0.228 e. The minimum Gasteiger partial charge on any atom is -0.342 e. The van der Waals surface area contributed by atoms with Crippen LogP contribution in [0.5, 0.6) is 0 Å². The fraction of sp³-hybridized carbons (Fsp3) is 0.588. The number of likely N-dealkylation sites (tertiary alicyclic amines) is 1. The molecule has 0 bridgehead atoms. The molecule has 2 fully saturated rings. The maximum absolute atomic E-state index is 12.9. The summed E-state index contributed by atoms with van der Waals surface area (Å²) in [5.41, 5.74) is 7.35. The summed E-state index contributed by atoms with van der Waals surface area (Å²) in [6.45, 7) is 4.45. The molecule has 2 heterocycles. The van der Waals surface area contributed by atoms with Crippen molar-refractivity contribution in [3.63, 3.8) is 0 Å². The van der Waals surface area contributed by atoms with Crippen LogP contribution in [0.15, 0.2) is 24.3 Å². The van der Waals surface area contributed by atoms with E-state index in [1.54, 1.807) is 0 Å². The van der Waals surface area contributed by atoms with Crippen LogP contribution in [0.3, 0.4) is 0 Å². The third-order valence-electron chi connectivity index (χ3n) is 4.94. The number of nitrogens with zero attached hydrogens (tertiary/aromatic N) is 1. The molecule has 2 atom stereocenters. The zero-order valence-electron chi connectivity index (χ0n) is 13.0. The lowest BCUT2D eigenvalue weighted by Gasteiger charge is -2.34. The Morgan fingerprint density at radius 2 is 1.95 bits per heavy atom. The highest BCUT2D eigenvalue weighted by Crippen LogP contribution is 2.24. The van der Waals surface area contributed by atoms with Gasteiger partial charge in [-0.05, 0) is 49.8 Å². The van der Waals surface area contributed by atoms with E-state index in [2.05, 4.69) is 10.9 Å². The molecule has 4 nitrogen and oxygen atoms in total. The van der Waals surface area contributed by atoms with Gasteiger partial charge in [0.2, 0.25) is 5.91 Å². The van der Waals surface area contributed by atoms with E-state index in [4.69, 9.17) is 0 Å². The highest BCUT2D eigenvalue weighted by molar-refractivity contribution is 5.80. The molecule has 120 valence electrons. The second kappa shape index (κ2) is 6.75. The van der Waals surface area contributed by atoms with E-state index < -0.39 is 0 Å². The molecule has 5 heteroatoms. The van der Waals surface area contributed by atoms with Gasteiger partial charge in [0.05, 0.1) is 5.92 Å². The molecular formula is C17H24FN3O. The Balaban J connectivity index is 1.49. The summed E-state index contributed by atoms with van der Waals surface area (Å²) in [5.74, 6) is 0.725. The van der Waals surface area contributed by atoms with E-state index in [1.807, 2.05) is 24.0 Å². The highest BCUT2D eigenvalue weighted by Gasteiger charge is 2.34. The molecule has 0 spiro atoms. The van der Waals surface area contributed by atoms with Crippen LogP contribution < -0.4 is 10.9 Å². The first-order valence-corrected chi connectivity index (χ1v) is 8.15. The third-order valence-corrected chi connectivity index (χ3v) is 4.94. The van der Waals surface area contributed by atoms with Crippen molar-refractivity contribution in [3.05, 3.63) is 35.6 Å². The fourth-order valence-electron chi connectivity index (χ4n) is 3.45. The predicted octanol–water partition coefficient (Wildman–Crippen LogP) is 1.72. The van der Waals surface area contributed by atoms with Crippen molar-refractivity contribution in [1.29, 1.82) is 0 Å². The van der Waals surface area contributed by atoms with Crippen LogP contribution in [-0.2, 0) is 11.2 Å². The summed E-state index contributed by atoms with van der Waals surface area (Å²) in [6, 6.07) is 6.98. The summed E-state index contributed by atoms with van der Waals surface area (Å²) in [7, 11) is 0. The van der Waals surface area contributed by atoms with Crippen molar-refractivity contribution in [2.45, 2.75) is 32.2 Å². The Hall–Kier alpha value is -1.46. The number of carbonyl (C=O) groups is 1. The summed E-state index contributed by atoms with van der Waals surface area (Å²) in [6.07, 6.45) is 3.04. The van der Waals surface area contributed by atoms with Crippen LogP contribution in [0, 0.1) is 17.7 Å². The van der Waals surface area contributed by atoms with Gasteiger partial charge in [-0.2, -0.15) is 0 Å². The minimum atomic E-state index is -0.183. The molecule has 2 aliphatic rings. The molecule has 2 saturated heterocycles. The first kappa shape index (κ1) is 15.4. The van der Waals surface area contributed by atoms with Gasteiger partial charge >= 0.3 is 0 Å². The topological polar surface area (TPSA) is 44.4 Å². The Kier molecular flexibility index (Phi) is 4.74. The molecule has 2 unspecified atom stereocenters. The SMILES string of the molecule is CC1NNCC1C(=O)N1CCC(Cc2ccc(F)cc2)CC1. The van der Waals surface area contributed by atoms with Crippen LogP contribution in [-0.4, -0.2) is 36.5 Å². The molecule has 0 radical (unpaired) electrons. The van der Waals surface area contributed by atoms with Crippen LogP contribution in [0.2, 0.25) is 0 Å². The van der Waals surface area contributed by atoms with E-state index in [0.717, 1.165) is 38.9 Å². The Labute approximate surface area is 131 Å². The van der Waals surface area contributed by atoms with Crippen molar-refractivity contribution in [3.8, 4) is 0 Å². The van der Waals surface area contributed by atoms with E-state index in [1.165, 1.54) is 17.7 Å². The maximum atomic E-state index is 12.9. The lowest BCUT2D eigenvalue weighted by atomic mass is 9.89. The monoisotopic (exact) mass is 305 g/mol. The average molecular weight is 305 g/mol. The van der Waals surface area contributed by atoms with Gasteiger partial charge in [-0.1, -0.05) is 12.1 Å². The van der Waals surface area contributed by atoms with Crippen LogP contribution in [0.25, 0.3) is 0 Å². The van der Waals surface area contributed by atoms with Gasteiger partial charge < -0.3 is 4.90 Å². The zero-order valence-corrected chi connectivity index (χ0v) is 13.0. The Morgan fingerprint density at radius 3 is 2.55 bits per heavy atom. The van der Waals surface area contributed by atoms with Crippen LogP contribution in [0.1, 0.15) is 25.3 Å². The lowest BCUT2D eigenvalue weighted by molar-refractivity contribution is -0.136. The van der Waals surface area contributed by atoms with Crippen LogP contribution in [0.4, 0.5) is 4.39 Å². The lowest BCUT2D eigenvalue weighted by Crippen LogP contribution is -2.45. The maximum Gasteiger partial charge on any atom is 0.228 e. The van der Waals surface area contributed by atoms with Gasteiger partial charge in [0.25, 0.3) is 0 Å². The molecule has 1 amide bonds. The minimum absolute atomic E-state index is 0.0497. The molecule has 1 aromatic carbocycles. The fourth-order valence-corrected chi connectivity index (χ4v) is 3.45. The van der Waals surface area contributed by atoms with Gasteiger partial charge in [0, 0.05) is 25.7 Å². The molecule has 0 aliphatic carbocycles. The molecule has 1 aromatic rings. The molecule has 2 aliphatic heterocycles. The molecule has 3 rings (SSSR count). The Bertz CT molecular complexity index is 511. The second-order valence-electron chi connectivity index (χ2n) is 6.52. The summed E-state index contributed by atoms with van der Waals surface area (Å²) in [4.78, 5) is 14.5. The number of halogens is 1. The van der Waals surface area contributed by atoms with Crippen LogP contribution >= 0.6 is 0 Å². The van der Waals surface area contributed by atoms with Gasteiger partial charge in [-0.15, -0.1) is 0 Å². The number of piperidine rings is 1. The normalized spacial score (nSPS) is 26.4. The summed E-state index contributed by atoms with van der Waals surface area (Å²) < 4.78 is 12.9. The number of hydrazine groups is 1. The van der Waals surface area contributed by atoms with E-state index in [-0.39, 0.29) is 23.7 Å². The standard InChI is InChI=1S/C17H24FN3O/c1-12-16(11-19-20-12)17(22)21-8-6-14(7-9-21)10-13-2-4-15(18)5-3-13/h2-5,12,14,16,19-20H,6-11H2,1H3. The molecule has 22 heavy (non-hydrogen) atoms. The first-order chi connectivity index (χ1) is 10.6. The number of benzene rings is 1. The van der Waals surface area contributed by atoms with Gasteiger partial charge in [0.1, 0.15) is 5.82 Å². The summed E-state index contributed by atoms with van der Waals surface area (Å²) >= 11 is 0. The van der Waals surface area contributed by atoms with E-state index in [0.29, 0.717) is 5.92 Å². The van der Waals surface area contributed by atoms with E-state index in [9.17, 15) is 9.18 Å². The quantitative estimate of drug-likeness (QED) is 0.894. The number of nitrogens with one attached hydrogen (secondary N) is 2. The van der Waals surface area contributed by atoms with Crippen molar-refractivity contribution in [2.75, 3.05) is 19.6 Å². The van der Waals surface area contributed by atoms with E-state index >= 15 is 0 Å². The first-order valence-electron chi connectivity index (χ1n) is 8.15. The highest BCUT2D eigenvalue weighted by atomic mass is 19.1. The molecular weight excluding hydrogens is 281 g/mol. The number of carbonyl (C=O) groups excluding carboxylic acids is 1. The zero-order chi connectivity index (χ0) is 15.5. The van der Waals surface area contributed by atoms with Crippen molar-refractivity contribution in [1.82, 2.24) is 15.8 Å². The molecule has 0 saturated carbocycles. The van der Waals surface area contributed by atoms with Gasteiger partial charge in [-0.3, -0.25) is 15.6 Å². The average Bonchev–Trinajstić information content (AvgIpc) is 2.96. The summed E-state index contributed by atoms with van der Waals surface area (Å²) in [5, 5.41) is 0. The van der Waals surface area contributed by atoms with Gasteiger partial charge in [-0.25, -0.2) is 4.39 Å². The second-order valence-corrected chi connectivity index (χ2v) is 6.52. The van der Waals surface area contributed by atoms with Crippen molar-refractivity contribution >= 4 is 5.91 Å². The van der Waals surface area contributed by atoms with Gasteiger partial charge in [0.15, 0.2) is 0 Å². The molecule has 0 aromatic heterocycles. The Morgan fingerprint density at radius 1 is 1.27 bits per heavy atom. The number of hydrogen-bond donors (Lipinski definition) is 2. The molecule has 2 N–H and O–H groups in total. The predicted molar refractivity (Wildman–Crippen MR) is 83.5 cm³/mol.